The number of hydrogen-bond donors (Lipinski definition) is 2. The van der Waals surface area contributed by atoms with Gasteiger partial charge in [-0.2, -0.15) is 10.1 Å². The number of rotatable bonds is 3. The number of carbonyl (C=O) groups excluding carboxylic acids is 2. The summed E-state index contributed by atoms with van der Waals surface area (Å²) in [5.41, 5.74) is 0.728. The molecule has 2 aromatic carbocycles. The zero-order chi connectivity index (χ0) is 16.7. The predicted octanol–water partition coefficient (Wildman–Crippen LogP) is 2.26. The Bertz CT molecular complexity index is 957. The summed E-state index contributed by atoms with van der Waals surface area (Å²) in [5, 5.41) is 11.7. The van der Waals surface area contributed by atoms with Crippen LogP contribution in [-0.2, 0) is 9.59 Å². The van der Waals surface area contributed by atoms with Crippen LogP contribution in [0.4, 0.5) is 11.6 Å². The van der Waals surface area contributed by atoms with Gasteiger partial charge >= 0.3 is 0 Å². The lowest BCUT2D eigenvalue weighted by atomic mass is 10.1. The lowest BCUT2D eigenvalue weighted by molar-refractivity contribution is -0.123. The SMILES string of the molecule is Cc1nc2n(n1)C(CC(=O)Nc1cccc3ccccc13)C(=O)N2. The van der Waals surface area contributed by atoms with Crippen LogP contribution in [0.5, 0.6) is 0 Å². The Labute approximate surface area is 137 Å². The number of carbonyl (C=O) groups is 2. The van der Waals surface area contributed by atoms with E-state index < -0.39 is 6.04 Å². The normalized spacial score (nSPS) is 16.0. The summed E-state index contributed by atoms with van der Waals surface area (Å²) >= 11 is 0. The van der Waals surface area contributed by atoms with Crippen LogP contribution in [0.15, 0.2) is 42.5 Å². The lowest BCUT2D eigenvalue weighted by Crippen LogP contribution is -2.23. The highest BCUT2D eigenvalue weighted by molar-refractivity contribution is 6.04. The lowest BCUT2D eigenvalue weighted by Gasteiger charge is -2.11. The van der Waals surface area contributed by atoms with E-state index in [9.17, 15) is 9.59 Å². The molecule has 24 heavy (non-hydrogen) atoms. The molecule has 120 valence electrons. The number of anilines is 2. The van der Waals surface area contributed by atoms with Crippen LogP contribution in [0.1, 0.15) is 18.3 Å². The summed E-state index contributed by atoms with van der Waals surface area (Å²) in [6, 6.07) is 12.9. The molecule has 1 unspecified atom stereocenters. The third kappa shape index (κ3) is 2.40. The van der Waals surface area contributed by atoms with Crippen LogP contribution < -0.4 is 10.6 Å². The predicted molar refractivity (Wildman–Crippen MR) is 89.6 cm³/mol. The van der Waals surface area contributed by atoms with Gasteiger partial charge in [-0.3, -0.25) is 14.9 Å². The summed E-state index contributed by atoms with van der Waals surface area (Å²) < 4.78 is 1.47. The van der Waals surface area contributed by atoms with E-state index in [0.29, 0.717) is 11.8 Å². The van der Waals surface area contributed by atoms with E-state index in [2.05, 4.69) is 20.7 Å². The van der Waals surface area contributed by atoms with Crippen LogP contribution in [0.3, 0.4) is 0 Å². The Morgan fingerprint density at radius 1 is 1.25 bits per heavy atom. The molecule has 0 bridgehead atoms. The maximum absolute atomic E-state index is 12.4. The van der Waals surface area contributed by atoms with Crippen LogP contribution >= 0.6 is 0 Å². The van der Waals surface area contributed by atoms with E-state index in [1.807, 2.05) is 42.5 Å². The van der Waals surface area contributed by atoms with Gasteiger partial charge in [-0.25, -0.2) is 4.68 Å². The molecular weight excluding hydrogens is 306 g/mol. The number of amides is 2. The second kappa shape index (κ2) is 5.45. The summed E-state index contributed by atoms with van der Waals surface area (Å²) in [5.74, 6) is 0.440. The topological polar surface area (TPSA) is 88.9 Å². The number of hydrogen-bond acceptors (Lipinski definition) is 4. The number of aryl methyl sites for hydroxylation is 1. The number of nitrogens with zero attached hydrogens (tertiary/aromatic N) is 3. The van der Waals surface area contributed by atoms with Gasteiger partial charge in [-0.05, 0) is 18.4 Å². The van der Waals surface area contributed by atoms with Crippen LogP contribution in [0.25, 0.3) is 10.8 Å². The molecule has 7 heteroatoms. The minimum absolute atomic E-state index is 0.00482. The molecule has 0 saturated heterocycles. The molecule has 7 nitrogen and oxygen atoms in total. The molecule has 4 rings (SSSR count). The van der Waals surface area contributed by atoms with Crippen LogP contribution in [-0.4, -0.2) is 26.6 Å². The van der Waals surface area contributed by atoms with Crippen molar-refractivity contribution in [2.45, 2.75) is 19.4 Å². The van der Waals surface area contributed by atoms with Crippen molar-refractivity contribution in [1.82, 2.24) is 14.8 Å². The zero-order valence-electron chi connectivity index (χ0n) is 13.0. The average Bonchev–Trinajstić information content (AvgIpc) is 3.05. The summed E-state index contributed by atoms with van der Waals surface area (Å²) in [4.78, 5) is 28.5. The highest BCUT2D eigenvalue weighted by atomic mass is 16.2. The quantitative estimate of drug-likeness (QED) is 0.774. The first-order chi connectivity index (χ1) is 11.6. The summed E-state index contributed by atoms with van der Waals surface area (Å²) in [7, 11) is 0. The van der Waals surface area contributed by atoms with Gasteiger partial charge in [0.1, 0.15) is 11.9 Å². The molecule has 0 aliphatic carbocycles. The summed E-state index contributed by atoms with van der Waals surface area (Å²) in [6.07, 6.45) is 0.00482. The molecule has 1 atom stereocenters. The number of aromatic nitrogens is 3. The molecule has 1 aliphatic rings. The summed E-state index contributed by atoms with van der Waals surface area (Å²) in [6.45, 7) is 1.74. The second-order valence-corrected chi connectivity index (χ2v) is 5.71. The fourth-order valence-corrected chi connectivity index (χ4v) is 2.93. The smallest absolute Gasteiger partial charge is 0.252 e. The van der Waals surface area contributed by atoms with Gasteiger partial charge in [0, 0.05) is 11.1 Å². The maximum atomic E-state index is 12.4. The van der Waals surface area contributed by atoms with Gasteiger partial charge in [-0.15, -0.1) is 0 Å². The Hall–Kier alpha value is -3.22. The van der Waals surface area contributed by atoms with E-state index >= 15 is 0 Å². The molecule has 3 aromatic rings. The zero-order valence-corrected chi connectivity index (χ0v) is 13.0. The van der Waals surface area contributed by atoms with Crippen molar-refractivity contribution in [3.05, 3.63) is 48.3 Å². The molecule has 0 spiro atoms. The number of nitrogens with one attached hydrogen (secondary N) is 2. The Kier molecular flexibility index (Phi) is 3.26. The maximum Gasteiger partial charge on any atom is 0.252 e. The molecule has 1 aliphatic heterocycles. The van der Waals surface area contributed by atoms with Crippen LogP contribution in [0, 0.1) is 6.92 Å². The first kappa shape index (κ1) is 14.4. The Morgan fingerprint density at radius 3 is 2.92 bits per heavy atom. The highest BCUT2D eigenvalue weighted by Gasteiger charge is 2.34. The van der Waals surface area contributed by atoms with E-state index in [-0.39, 0.29) is 18.2 Å². The number of fused-ring (bicyclic) bond motifs is 2. The minimum atomic E-state index is -0.670. The standard InChI is InChI=1S/C17H15N5O2/c1-10-18-17-20-16(24)14(22(17)21-10)9-15(23)19-13-8-4-6-11-5-2-3-7-12(11)13/h2-8,14H,9H2,1H3,(H,19,23)(H,18,20,21,24). The van der Waals surface area contributed by atoms with Crippen LogP contribution in [0.2, 0.25) is 0 Å². The fourth-order valence-electron chi connectivity index (χ4n) is 2.93. The first-order valence-electron chi connectivity index (χ1n) is 7.63. The van der Waals surface area contributed by atoms with Crippen molar-refractivity contribution in [2.75, 3.05) is 10.6 Å². The average molecular weight is 321 g/mol. The van der Waals surface area contributed by atoms with Crippen molar-refractivity contribution in [3.8, 4) is 0 Å². The monoisotopic (exact) mass is 321 g/mol. The molecule has 2 amide bonds. The van der Waals surface area contributed by atoms with Gasteiger partial charge in [0.15, 0.2) is 0 Å². The van der Waals surface area contributed by atoms with E-state index in [0.717, 1.165) is 16.5 Å². The Balaban J connectivity index is 1.56. The highest BCUT2D eigenvalue weighted by Crippen LogP contribution is 2.27. The van der Waals surface area contributed by atoms with E-state index in [1.54, 1.807) is 6.92 Å². The van der Waals surface area contributed by atoms with Crippen molar-refractivity contribution < 1.29 is 9.59 Å². The molecule has 2 N–H and O–H groups in total. The second-order valence-electron chi connectivity index (χ2n) is 5.71. The molecule has 0 radical (unpaired) electrons. The van der Waals surface area contributed by atoms with E-state index in [1.165, 1.54) is 4.68 Å². The number of benzene rings is 2. The van der Waals surface area contributed by atoms with E-state index in [4.69, 9.17) is 0 Å². The van der Waals surface area contributed by atoms with Gasteiger partial charge in [0.25, 0.3) is 5.91 Å². The molecule has 1 aromatic heterocycles. The third-order valence-electron chi connectivity index (χ3n) is 4.01. The minimum Gasteiger partial charge on any atom is -0.325 e. The first-order valence-corrected chi connectivity index (χ1v) is 7.63. The van der Waals surface area contributed by atoms with Crippen molar-refractivity contribution in [1.29, 1.82) is 0 Å². The van der Waals surface area contributed by atoms with Crippen molar-refractivity contribution >= 4 is 34.2 Å². The molecule has 0 saturated carbocycles. The third-order valence-corrected chi connectivity index (χ3v) is 4.01. The van der Waals surface area contributed by atoms with Gasteiger partial charge in [0.2, 0.25) is 11.9 Å². The molecule has 2 heterocycles. The largest absolute Gasteiger partial charge is 0.325 e. The van der Waals surface area contributed by atoms with Gasteiger partial charge in [0.05, 0.1) is 6.42 Å². The Morgan fingerprint density at radius 2 is 2.04 bits per heavy atom. The molecular formula is C17H15N5O2. The van der Waals surface area contributed by atoms with Gasteiger partial charge in [-0.1, -0.05) is 36.4 Å². The van der Waals surface area contributed by atoms with Crippen molar-refractivity contribution in [2.24, 2.45) is 0 Å². The fraction of sp³-hybridized carbons (Fsp3) is 0.176. The van der Waals surface area contributed by atoms with Gasteiger partial charge < -0.3 is 5.32 Å². The van der Waals surface area contributed by atoms with Crippen molar-refractivity contribution in [3.63, 3.8) is 0 Å². The molecule has 0 fully saturated rings.